The van der Waals surface area contributed by atoms with Gasteiger partial charge >= 0.3 is 12.0 Å². The lowest BCUT2D eigenvalue weighted by Gasteiger charge is -2.15. The van der Waals surface area contributed by atoms with Crippen LogP contribution in [0.1, 0.15) is 26.2 Å². The fourth-order valence-corrected chi connectivity index (χ4v) is 1.82. The van der Waals surface area contributed by atoms with Crippen LogP contribution in [-0.4, -0.2) is 54.2 Å². The summed E-state index contributed by atoms with van der Waals surface area (Å²) in [6.45, 7) is 5.32. The lowest BCUT2D eigenvalue weighted by molar-refractivity contribution is -0.138. The molecule has 1 atom stereocenters. The zero-order valence-corrected chi connectivity index (χ0v) is 10.2. The Morgan fingerprint density at radius 1 is 1.35 bits per heavy atom. The van der Waals surface area contributed by atoms with Crippen molar-refractivity contribution in [3.05, 3.63) is 0 Å². The van der Waals surface area contributed by atoms with E-state index in [9.17, 15) is 9.59 Å². The molecule has 1 unspecified atom stereocenters. The monoisotopic (exact) mass is 243 g/mol. The Balaban J connectivity index is 2.01. The Kier molecular flexibility index (Phi) is 5.76. The van der Waals surface area contributed by atoms with Gasteiger partial charge in [-0.15, -0.1) is 0 Å². The Morgan fingerprint density at radius 2 is 2.00 bits per heavy atom. The Labute approximate surface area is 101 Å². The van der Waals surface area contributed by atoms with Crippen LogP contribution in [0.5, 0.6) is 0 Å². The van der Waals surface area contributed by atoms with Gasteiger partial charge in [0.15, 0.2) is 0 Å². The standard InChI is InChI=1S/C11H21N3O3/c1-9(10(15)16)13-11(17)12-5-4-8-14-6-2-3-7-14/h9H,2-8H2,1H3,(H,15,16)(H2,12,13,17). The second-order valence-electron chi connectivity index (χ2n) is 4.36. The summed E-state index contributed by atoms with van der Waals surface area (Å²) in [5, 5.41) is 13.6. The molecule has 17 heavy (non-hydrogen) atoms. The zero-order chi connectivity index (χ0) is 12.7. The molecule has 0 bridgehead atoms. The van der Waals surface area contributed by atoms with Gasteiger partial charge in [0.2, 0.25) is 0 Å². The van der Waals surface area contributed by atoms with E-state index >= 15 is 0 Å². The molecule has 1 aliphatic rings. The highest BCUT2D eigenvalue weighted by molar-refractivity contribution is 5.82. The number of hydrogen-bond acceptors (Lipinski definition) is 3. The minimum absolute atomic E-state index is 0.415. The minimum atomic E-state index is -1.03. The Bertz CT molecular complexity index is 265. The third kappa shape index (κ3) is 5.53. The van der Waals surface area contributed by atoms with Crippen LogP contribution >= 0.6 is 0 Å². The van der Waals surface area contributed by atoms with E-state index in [0.29, 0.717) is 6.54 Å². The van der Waals surface area contributed by atoms with Gasteiger partial charge in [0, 0.05) is 6.54 Å². The maximum Gasteiger partial charge on any atom is 0.325 e. The lowest BCUT2D eigenvalue weighted by atomic mass is 10.3. The van der Waals surface area contributed by atoms with Crippen LogP contribution in [0.15, 0.2) is 0 Å². The van der Waals surface area contributed by atoms with Crippen molar-refractivity contribution in [3.63, 3.8) is 0 Å². The average molecular weight is 243 g/mol. The third-order valence-electron chi connectivity index (χ3n) is 2.85. The fraction of sp³-hybridized carbons (Fsp3) is 0.818. The van der Waals surface area contributed by atoms with Crippen LogP contribution in [0.25, 0.3) is 0 Å². The molecule has 3 N–H and O–H groups in total. The van der Waals surface area contributed by atoms with Gasteiger partial charge in [0.1, 0.15) is 6.04 Å². The summed E-state index contributed by atoms with van der Waals surface area (Å²) in [4.78, 5) is 24.1. The van der Waals surface area contributed by atoms with Crippen LogP contribution in [-0.2, 0) is 4.79 Å². The predicted molar refractivity (Wildman–Crippen MR) is 63.9 cm³/mol. The van der Waals surface area contributed by atoms with E-state index < -0.39 is 18.0 Å². The van der Waals surface area contributed by atoms with Crippen molar-refractivity contribution >= 4 is 12.0 Å². The molecule has 1 aliphatic heterocycles. The summed E-state index contributed by atoms with van der Waals surface area (Å²) >= 11 is 0. The van der Waals surface area contributed by atoms with E-state index in [4.69, 9.17) is 5.11 Å². The number of amides is 2. The van der Waals surface area contributed by atoms with Gasteiger partial charge < -0.3 is 20.6 Å². The number of rotatable bonds is 6. The van der Waals surface area contributed by atoms with E-state index in [2.05, 4.69) is 15.5 Å². The molecule has 1 saturated heterocycles. The molecule has 6 heteroatoms. The first-order valence-electron chi connectivity index (χ1n) is 6.09. The Morgan fingerprint density at radius 3 is 2.59 bits per heavy atom. The summed E-state index contributed by atoms with van der Waals surface area (Å²) < 4.78 is 0. The maximum absolute atomic E-state index is 11.3. The highest BCUT2D eigenvalue weighted by Crippen LogP contribution is 2.06. The topological polar surface area (TPSA) is 81.7 Å². The number of carboxylic acid groups (broad SMARTS) is 1. The molecule has 1 rings (SSSR count). The molecule has 0 aromatic rings. The molecule has 0 aromatic heterocycles. The van der Waals surface area contributed by atoms with Crippen molar-refractivity contribution in [2.45, 2.75) is 32.2 Å². The van der Waals surface area contributed by atoms with Gasteiger partial charge in [-0.05, 0) is 45.8 Å². The number of urea groups is 1. The molecular weight excluding hydrogens is 222 g/mol. The zero-order valence-electron chi connectivity index (χ0n) is 10.2. The van der Waals surface area contributed by atoms with Crippen molar-refractivity contribution in [2.24, 2.45) is 0 Å². The van der Waals surface area contributed by atoms with E-state index in [1.54, 1.807) is 0 Å². The average Bonchev–Trinajstić information content (AvgIpc) is 2.77. The van der Waals surface area contributed by atoms with Crippen molar-refractivity contribution in [3.8, 4) is 0 Å². The van der Waals surface area contributed by atoms with Crippen LogP contribution in [0.2, 0.25) is 0 Å². The van der Waals surface area contributed by atoms with Crippen LogP contribution in [0.4, 0.5) is 4.79 Å². The minimum Gasteiger partial charge on any atom is -0.480 e. The summed E-state index contributed by atoms with van der Waals surface area (Å²) in [6.07, 6.45) is 3.43. The van der Waals surface area contributed by atoms with E-state index in [1.165, 1.54) is 19.8 Å². The molecule has 2 amide bonds. The van der Waals surface area contributed by atoms with Gasteiger partial charge in [-0.25, -0.2) is 4.79 Å². The van der Waals surface area contributed by atoms with E-state index in [-0.39, 0.29) is 0 Å². The van der Waals surface area contributed by atoms with Crippen LogP contribution in [0.3, 0.4) is 0 Å². The molecule has 0 saturated carbocycles. The molecule has 0 aromatic carbocycles. The first kappa shape index (κ1) is 13.8. The SMILES string of the molecule is CC(NC(=O)NCCCN1CCCC1)C(=O)O. The first-order valence-corrected chi connectivity index (χ1v) is 6.09. The highest BCUT2D eigenvalue weighted by atomic mass is 16.4. The summed E-state index contributed by atoms with van der Waals surface area (Å²) in [7, 11) is 0. The second-order valence-corrected chi connectivity index (χ2v) is 4.36. The van der Waals surface area contributed by atoms with E-state index in [0.717, 1.165) is 26.1 Å². The highest BCUT2D eigenvalue weighted by Gasteiger charge is 2.13. The first-order chi connectivity index (χ1) is 8.09. The van der Waals surface area contributed by atoms with Crippen LogP contribution in [0, 0.1) is 0 Å². The van der Waals surface area contributed by atoms with Gasteiger partial charge in [-0.2, -0.15) is 0 Å². The van der Waals surface area contributed by atoms with Crippen LogP contribution < -0.4 is 10.6 Å². The number of carbonyl (C=O) groups is 2. The number of hydrogen-bond donors (Lipinski definition) is 3. The second kappa shape index (κ2) is 7.11. The fourth-order valence-electron chi connectivity index (χ4n) is 1.82. The summed E-state index contributed by atoms with van der Waals surface area (Å²) in [5.74, 6) is -1.03. The number of likely N-dealkylation sites (tertiary alicyclic amines) is 1. The number of carboxylic acids is 1. The number of nitrogens with zero attached hydrogens (tertiary/aromatic N) is 1. The summed E-state index contributed by atoms with van der Waals surface area (Å²) in [5.41, 5.74) is 0. The number of aliphatic carboxylic acids is 1. The normalized spacial score (nSPS) is 17.7. The molecule has 1 heterocycles. The van der Waals surface area contributed by atoms with Gasteiger partial charge in [0.05, 0.1) is 0 Å². The third-order valence-corrected chi connectivity index (χ3v) is 2.85. The summed E-state index contributed by atoms with van der Waals surface area (Å²) in [6, 6.07) is -1.27. The van der Waals surface area contributed by atoms with Gasteiger partial charge in [-0.1, -0.05) is 0 Å². The van der Waals surface area contributed by atoms with Crippen molar-refractivity contribution in [1.29, 1.82) is 0 Å². The molecule has 0 spiro atoms. The molecule has 0 aliphatic carbocycles. The largest absolute Gasteiger partial charge is 0.480 e. The lowest BCUT2D eigenvalue weighted by Crippen LogP contribution is -2.44. The molecular formula is C11H21N3O3. The van der Waals surface area contributed by atoms with Gasteiger partial charge in [0.25, 0.3) is 0 Å². The molecule has 6 nitrogen and oxygen atoms in total. The Hall–Kier alpha value is -1.30. The molecule has 1 fully saturated rings. The molecule has 0 radical (unpaired) electrons. The molecule has 98 valence electrons. The van der Waals surface area contributed by atoms with Crippen molar-refractivity contribution in [1.82, 2.24) is 15.5 Å². The van der Waals surface area contributed by atoms with Crippen molar-refractivity contribution in [2.75, 3.05) is 26.2 Å². The quantitative estimate of drug-likeness (QED) is 0.584. The number of carbonyl (C=O) groups excluding carboxylic acids is 1. The maximum atomic E-state index is 11.3. The number of nitrogens with one attached hydrogen (secondary N) is 2. The predicted octanol–water partition coefficient (Wildman–Crippen LogP) is 0.245. The van der Waals surface area contributed by atoms with E-state index in [1.807, 2.05) is 0 Å². The van der Waals surface area contributed by atoms with Crippen molar-refractivity contribution < 1.29 is 14.7 Å². The van der Waals surface area contributed by atoms with Gasteiger partial charge in [-0.3, -0.25) is 4.79 Å². The smallest absolute Gasteiger partial charge is 0.325 e.